The number of nitrogens with zero attached hydrogens (tertiary/aromatic N) is 4. The zero-order valence-electron chi connectivity index (χ0n) is 15.7. The minimum absolute atomic E-state index is 0.313. The van der Waals surface area contributed by atoms with Gasteiger partial charge in [-0.3, -0.25) is 4.90 Å². The van der Waals surface area contributed by atoms with E-state index in [-0.39, 0.29) is 0 Å². The van der Waals surface area contributed by atoms with Gasteiger partial charge in [0.15, 0.2) is 0 Å². The van der Waals surface area contributed by atoms with E-state index in [4.69, 9.17) is 4.74 Å². The van der Waals surface area contributed by atoms with Crippen molar-refractivity contribution in [3.8, 4) is 5.75 Å². The Bertz CT molecular complexity index is 899. The van der Waals surface area contributed by atoms with Crippen molar-refractivity contribution in [3.05, 3.63) is 42.2 Å². The van der Waals surface area contributed by atoms with Crippen LogP contribution in [0.5, 0.6) is 5.75 Å². The maximum absolute atomic E-state index is 12.5. The first kappa shape index (κ1) is 19.1. The third-order valence-electron chi connectivity index (χ3n) is 5.12. The molecule has 0 unspecified atom stereocenters. The molecule has 150 valence electrons. The first-order valence-corrected chi connectivity index (χ1v) is 11.1. The lowest BCUT2D eigenvalue weighted by molar-refractivity contribution is 0.254. The van der Waals surface area contributed by atoms with E-state index >= 15 is 0 Å². The van der Waals surface area contributed by atoms with Crippen LogP contribution >= 0.6 is 0 Å². The summed E-state index contributed by atoms with van der Waals surface area (Å²) in [4.78, 5) is 13.4. The van der Waals surface area contributed by atoms with Crippen LogP contribution in [0.2, 0.25) is 0 Å². The normalized spacial score (nSPS) is 17.4. The van der Waals surface area contributed by atoms with Gasteiger partial charge >= 0.3 is 0 Å². The Morgan fingerprint density at radius 3 is 2.68 bits per heavy atom. The Morgan fingerprint density at radius 1 is 1.11 bits per heavy atom. The number of benzene rings is 1. The molecule has 28 heavy (non-hydrogen) atoms. The quantitative estimate of drug-likeness (QED) is 0.687. The van der Waals surface area contributed by atoms with E-state index in [0.717, 1.165) is 62.8 Å². The van der Waals surface area contributed by atoms with Gasteiger partial charge in [-0.2, -0.15) is 0 Å². The highest BCUT2D eigenvalue weighted by Crippen LogP contribution is 2.27. The molecule has 0 spiro atoms. The summed E-state index contributed by atoms with van der Waals surface area (Å²) in [5.41, 5.74) is 0.961. The van der Waals surface area contributed by atoms with Crippen LogP contribution in [0.3, 0.4) is 0 Å². The molecule has 1 saturated heterocycles. The van der Waals surface area contributed by atoms with Crippen LogP contribution in [-0.4, -0.2) is 69.2 Å². The van der Waals surface area contributed by atoms with E-state index in [9.17, 15) is 8.42 Å². The molecule has 0 aliphatic carbocycles. The average molecular weight is 404 g/mol. The lowest BCUT2D eigenvalue weighted by atomic mass is 10.2. The van der Waals surface area contributed by atoms with Gasteiger partial charge in [-0.25, -0.2) is 23.1 Å². The highest BCUT2D eigenvalue weighted by atomic mass is 32.2. The van der Waals surface area contributed by atoms with Gasteiger partial charge < -0.3 is 9.64 Å². The van der Waals surface area contributed by atoms with Gasteiger partial charge in [0.1, 0.15) is 5.75 Å². The smallest absolute Gasteiger partial charge is 0.240 e. The number of sulfonamides is 1. The second kappa shape index (κ2) is 8.42. The number of rotatable bonds is 7. The molecular weight excluding hydrogens is 378 g/mol. The fourth-order valence-corrected chi connectivity index (χ4v) is 4.67. The zero-order chi connectivity index (χ0) is 19.4. The summed E-state index contributed by atoms with van der Waals surface area (Å²) in [7, 11) is -3.48. The molecule has 1 N–H and O–H groups in total. The largest absolute Gasteiger partial charge is 0.493 e. The molecule has 2 aliphatic heterocycles. The predicted molar refractivity (Wildman–Crippen MR) is 106 cm³/mol. The Balaban J connectivity index is 1.21. The van der Waals surface area contributed by atoms with Crippen molar-refractivity contribution >= 4 is 16.0 Å². The molecule has 2 aliphatic rings. The summed E-state index contributed by atoms with van der Waals surface area (Å²) in [5.74, 6) is 1.56. The van der Waals surface area contributed by atoms with Crippen LogP contribution in [0.1, 0.15) is 12.0 Å². The van der Waals surface area contributed by atoms with Crippen LogP contribution < -0.4 is 14.4 Å². The van der Waals surface area contributed by atoms with E-state index in [2.05, 4.69) is 24.5 Å². The Morgan fingerprint density at radius 2 is 1.89 bits per heavy atom. The van der Waals surface area contributed by atoms with Crippen molar-refractivity contribution in [2.75, 3.05) is 50.8 Å². The molecule has 0 saturated carbocycles. The monoisotopic (exact) mass is 403 g/mol. The van der Waals surface area contributed by atoms with E-state index in [1.165, 1.54) is 0 Å². The summed E-state index contributed by atoms with van der Waals surface area (Å²) in [6.07, 6.45) is 5.05. The molecule has 0 amide bonds. The molecule has 9 heteroatoms. The maximum Gasteiger partial charge on any atom is 0.240 e. The lowest BCUT2D eigenvalue weighted by Crippen LogP contribution is -2.47. The van der Waals surface area contributed by atoms with Crippen molar-refractivity contribution < 1.29 is 13.2 Å². The van der Waals surface area contributed by atoms with E-state index in [1.807, 2.05) is 6.07 Å². The SMILES string of the molecule is O=S(=O)(NCCCN1CCN(c2ncccn2)CC1)c1ccc2c(c1)CCO2. The second-order valence-corrected chi connectivity index (χ2v) is 8.76. The van der Waals surface area contributed by atoms with Gasteiger partial charge in [-0.1, -0.05) is 0 Å². The van der Waals surface area contributed by atoms with Crippen molar-refractivity contribution in [1.29, 1.82) is 0 Å². The van der Waals surface area contributed by atoms with Gasteiger partial charge in [-0.15, -0.1) is 0 Å². The average Bonchev–Trinajstić information content (AvgIpc) is 3.20. The Kier molecular flexibility index (Phi) is 5.74. The van der Waals surface area contributed by atoms with Crippen LogP contribution in [0, 0.1) is 0 Å². The number of aromatic nitrogens is 2. The number of hydrogen-bond donors (Lipinski definition) is 1. The topological polar surface area (TPSA) is 87.7 Å². The first-order chi connectivity index (χ1) is 13.6. The molecule has 0 atom stereocenters. The minimum Gasteiger partial charge on any atom is -0.493 e. The molecular formula is C19H25N5O3S. The van der Waals surface area contributed by atoms with E-state index in [0.29, 0.717) is 18.0 Å². The molecule has 0 bridgehead atoms. The molecule has 2 aromatic rings. The fourth-order valence-electron chi connectivity index (χ4n) is 3.55. The summed E-state index contributed by atoms with van der Waals surface area (Å²) in [6, 6.07) is 6.89. The highest BCUT2D eigenvalue weighted by molar-refractivity contribution is 7.89. The molecule has 1 aromatic carbocycles. The minimum atomic E-state index is -3.48. The van der Waals surface area contributed by atoms with Gasteiger partial charge in [0.25, 0.3) is 0 Å². The summed E-state index contributed by atoms with van der Waals surface area (Å²) in [5, 5.41) is 0. The fraction of sp³-hybridized carbons (Fsp3) is 0.474. The van der Waals surface area contributed by atoms with Crippen molar-refractivity contribution in [1.82, 2.24) is 19.6 Å². The zero-order valence-corrected chi connectivity index (χ0v) is 16.6. The van der Waals surface area contributed by atoms with Crippen molar-refractivity contribution in [3.63, 3.8) is 0 Å². The molecule has 1 aromatic heterocycles. The maximum atomic E-state index is 12.5. The van der Waals surface area contributed by atoms with Gasteiger partial charge in [0.2, 0.25) is 16.0 Å². The molecule has 0 radical (unpaired) electrons. The Labute approximate surface area is 165 Å². The first-order valence-electron chi connectivity index (χ1n) is 9.61. The van der Waals surface area contributed by atoms with Crippen molar-refractivity contribution in [2.45, 2.75) is 17.7 Å². The third kappa shape index (κ3) is 4.43. The number of ether oxygens (including phenoxy) is 1. The number of fused-ring (bicyclic) bond motifs is 1. The van der Waals surface area contributed by atoms with E-state index < -0.39 is 10.0 Å². The van der Waals surface area contributed by atoms with Crippen LogP contribution in [0.25, 0.3) is 0 Å². The number of anilines is 1. The number of nitrogens with one attached hydrogen (secondary N) is 1. The van der Waals surface area contributed by atoms with Crippen LogP contribution in [0.4, 0.5) is 5.95 Å². The molecule has 4 rings (SSSR count). The van der Waals surface area contributed by atoms with Crippen molar-refractivity contribution in [2.24, 2.45) is 0 Å². The molecule has 1 fully saturated rings. The molecule has 3 heterocycles. The van der Waals surface area contributed by atoms with Crippen LogP contribution in [0.15, 0.2) is 41.6 Å². The summed E-state index contributed by atoms with van der Waals surface area (Å²) >= 11 is 0. The highest BCUT2D eigenvalue weighted by Gasteiger charge is 2.20. The lowest BCUT2D eigenvalue weighted by Gasteiger charge is -2.34. The Hall–Kier alpha value is -2.23. The number of piperazine rings is 1. The number of hydrogen-bond acceptors (Lipinski definition) is 7. The molecule has 8 nitrogen and oxygen atoms in total. The van der Waals surface area contributed by atoms with Crippen LogP contribution in [-0.2, 0) is 16.4 Å². The van der Waals surface area contributed by atoms with Gasteiger partial charge in [-0.05, 0) is 42.8 Å². The third-order valence-corrected chi connectivity index (χ3v) is 6.58. The van der Waals surface area contributed by atoms with E-state index in [1.54, 1.807) is 30.6 Å². The summed E-state index contributed by atoms with van der Waals surface area (Å²) < 4.78 is 33.1. The van der Waals surface area contributed by atoms with Gasteiger partial charge in [0, 0.05) is 51.5 Å². The predicted octanol–water partition coefficient (Wildman–Crippen LogP) is 0.902. The standard InChI is InChI=1S/C19H25N5O3S/c25-28(26,17-3-4-18-16(15-17)5-14-27-18)22-8-2-9-23-10-12-24(13-11-23)19-20-6-1-7-21-19/h1,3-4,6-7,15,22H,2,5,8-14H2. The summed E-state index contributed by atoms with van der Waals surface area (Å²) in [6.45, 7) is 5.53. The second-order valence-electron chi connectivity index (χ2n) is 7.00. The van der Waals surface area contributed by atoms with Gasteiger partial charge in [0.05, 0.1) is 11.5 Å².